The van der Waals surface area contributed by atoms with Crippen molar-refractivity contribution in [2.45, 2.75) is 4.90 Å². The lowest BCUT2D eigenvalue weighted by Gasteiger charge is -2.10. The Morgan fingerprint density at radius 2 is 1.86 bits per heavy atom. The van der Waals surface area contributed by atoms with Gasteiger partial charge < -0.3 is 10.5 Å². The van der Waals surface area contributed by atoms with Crippen LogP contribution in [0.15, 0.2) is 47.4 Å². The number of hydrogen-bond donors (Lipinski definition) is 2. The summed E-state index contributed by atoms with van der Waals surface area (Å²) >= 11 is 0. The Hall–Kier alpha value is -2.72. The second kappa shape index (κ2) is 5.73. The highest BCUT2D eigenvalue weighted by atomic mass is 32.2. The Bertz CT molecular complexity index is 793. The Kier molecular flexibility index (Phi) is 4.00. The number of sulfonamides is 1. The smallest absolute Gasteiger partial charge is 0.261 e. The van der Waals surface area contributed by atoms with E-state index in [4.69, 9.17) is 15.7 Å². The second-order valence-corrected chi connectivity index (χ2v) is 5.88. The van der Waals surface area contributed by atoms with Gasteiger partial charge in [-0.05, 0) is 42.5 Å². The van der Waals surface area contributed by atoms with E-state index in [1.807, 2.05) is 6.07 Å². The van der Waals surface area contributed by atoms with Gasteiger partial charge in [0.15, 0.2) is 0 Å². The zero-order valence-electron chi connectivity index (χ0n) is 11.2. The van der Waals surface area contributed by atoms with Crippen molar-refractivity contribution < 1.29 is 13.2 Å². The van der Waals surface area contributed by atoms with E-state index in [1.165, 1.54) is 49.6 Å². The van der Waals surface area contributed by atoms with E-state index >= 15 is 0 Å². The first-order valence-corrected chi connectivity index (χ1v) is 7.41. The van der Waals surface area contributed by atoms with E-state index in [0.717, 1.165) is 0 Å². The average molecular weight is 303 g/mol. The van der Waals surface area contributed by atoms with Crippen molar-refractivity contribution in [3.63, 3.8) is 0 Å². The van der Waals surface area contributed by atoms with Crippen molar-refractivity contribution in [3.05, 3.63) is 48.0 Å². The largest absolute Gasteiger partial charge is 0.495 e. The number of anilines is 2. The zero-order valence-corrected chi connectivity index (χ0v) is 12.0. The van der Waals surface area contributed by atoms with Gasteiger partial charge in [-0.25, -0.2) is 8.42 Å². The monoisotopic (exact) mass is 303 g/mol. The molecule has 0 aromatic heterocycles. The minimum absolute atomic E-state index is 0.0326. The van der Waals surface area contributed by atoms with Crippen molar-refractivity contribution in [3.8, 4) is 11.8 Å². The molecule has 2 aromatic rings. The molecule has 0 saturated heterocycles. The molecule has 0 radical (unpaired) electrons. The van der Waals surface area contributed by atoms with Crippen LogP contribution >= 0.6 is 0 Å². The summed E-state index contributed by atoms with van der Waals surface area (Å²) in [7, 11) is -2.30. The number of benzene rings is 2. The van der Waals surface area contributed by atoms with Crippen molar-refractivity contribution in [1.29, 1.82) is 5.26 Å². The van der Waals surface area contributed by atoms with E-state index < -0.39 is 10.0 Å². The number of nitriles is 1. The molecule has 21 heavy (non-hydrogen) atoms. The first kappa shape index (κ1) is 14.7. The Balaban J connectivity index is 2.29. The third kappa shape index (κ3) is 3.24. The standard InChI is InChI=1S/C14H13N3O3S/c1-20-14-7-6-12(8-13(14)16)21(18,19)17-11-4-2-10(9-15)3-5-11/h2-8,17H,16H2,1H3. The van der Waals surface area contributed by atoms with Gasteiger partial charge in [-0.2, -0.15) is 5.26 Å². The summed E-state index contributed by atoms with van der Waals surface area (Å²) in [6.45, 7) is 0. The molecular weight excluding hydrogens is 290 g/mol. The van der Waals surface area contributed by atoms with E-state index in [0.29, 0.717) is 17.0 Å². The SMILES string of the molecule is COc1ccc(S(=O)(=O)Nc2ccc(C#N)cc2)cc1N. The molecule has 3 N–H and O–H groups in total. The van der Waals surface area contributed by atoms with Gasteiger partial charge in [0, 0.05) is 5.69 Å². The van der Waals surface area contributed by atoms with Gasteiger partial charge in [-0.3, -0.25) is 4.72 Å². The molecule has 0 bridgehead atoms. The van der Waals surface area contributed by atoms with Crippen LogP contribution in [0, 0.1) is 11.3 Å². The fourth-order valence-electron chi connectivity index (χ4n) is 1.71. The molecule has 0 spiro atoms. The van der Waals surface area contributed by atoms with Gasteiger partial charge in [-0.1, -0.05) is 0 Å². The lowest BCUT2D eigenvalue weighted by Crippen LogP contribution is -2.13. The number of nitrogen functional groups attached to an aromatic ring is 1. The topological polar surface area (TPSA) is 105 Å². The van der Waals surface area contributed by atoms with Crippen LogP contribution in [0.3, 0.4) is 0 Å². The molecule has 108 valence electrons. The van der Waals surface area contributed by atoms with Gasteiger partial charge in [0.05, 0.1) is 29.3 Å². The molecule has 0 fully saturated rings. The van der Waals surface area contributed by atoms with Crippen LogP contribution in [-0.4, -0.2) is 15.5 Å². The molecule has 2 rings (SSSR count). The van der Waals surface area contributed by atoms with E-state index in [2.05, 4.69) is 4.72 Å². The maximum Gasteiger partial charge on any atom is 0.261 e. The van der Waals surface area contributed by atoms with Gasteiger partial charge in [0.2, 0.25) is 0 Å². The molecule has 0 aliphatic heterocycles. The Labute approximate surface area is 122 Å². The molecule has 0 amide bonds. The quantitative estimate of drug-likeness (QED) is 0.840. The summed E-state index contributed by atoms with van der Waals surface area (Å²) in [4.78, 5) is 0.0326. The first-order valence-electron chi connectivity index (χ1n) is 5.93. The van der Waals surface area contributed by atoms with Crippen LogP contribution in [0.4, 0.5) is 11.4 Å². The summed E-state index contributed by atoms with van der Waals surface area (Å²) in [5, 5.41) is 8.70. The number of nitrogens with two attached hydrogens (primary N) is 1. The molecule has 0 unspecified atom stereocenters. The summed E-state index contributed by atoms with van der Waals surface area (Å²) in [6, 6.07) is 12.3. The van der Waals surface area contributed by atoms with Crippen LogP contribution in [0.2, 0.25) is 0 Å². The molecule has 6 nitrogen and oxygen atoms in total. The van der Waals surface area contributed by atoms with Gasteiger partial charge >= 0.3 is 0 Å². The van der Waals surface area contributed by atoms with E-state index in [9.17, 15) is 8.42 Å². The lowest BCUT2D eigenvalue weighted by molar-refractivity contribution is 0.416. The normalized spacial score (nSPS) is 10.7. The summed E-state index contributed by atoms with van der Waals surface area (Å²) in [5.41, 5.74) is 6.76. The van der Waals surface area contributed by atoms with Crippen LogP contribution in [-0.2, 0) is 10.0 Å². The third-order valence-electron chi connectivity index (χ3n) is 2.78. The number of rotatable bonds is 4. The molecule has 0 atom stereocenters. The Morgan fingerprint density at radius 1 is 1.19 bits per heavy atom. The zero-order chi connectivity index (χ0) is 15.5. The average Bonchev–Trinajstić information content (AvgIpc) is 2.47. The summed E-state index contributed by atoms with van der Waals surface area (Å²) in [6.07, 6.45) is 0. The number of ether oxygens (including phenoxy) is 1. The predicted octanol–water partition coefficient (Wildman–Crippen LogP) is 1.95. The molecule has 0 aliphatic rings. The highest BCUT2D eigenvalue weighted by Gasteiger charge is 2.15. The number of methoxy groups -OCH3 is 1. The Morgan fingerprint density at radius 3 is 2.38 bits per heavy atom. The fourth-order valence-corrected chi connectivity index (χ4v) is 2.80. The van der Waals surface area contributed by atoms with E-state index in [1.54, 1.807) is 0 Å². The molecular formula is C14H13N3O3S. The van der Waals surface area contributed by atoms with Crippen LogP contribution in [0.1, 0.15) is 5.56 Å². The highest BCUT2D eigenvalue weighted by molar-refractivity contribution is 7.92. The lowest BCUT2D eigenvalue weighted by atomic mass is 10.2. The molecule has 0 heterocycles. The second-order valence-electron chi connectivity index (χ2n) is 4.20. The molecule has 0 aliphatic carbocycles. The van der Waals surface area contributed by atoms with Crippen molar-refractivity contribution >= 4 is 21.4 Å². The number of nitrogens with one attached hydrogen (secondary N) is 1. The first-order chi connectivity index (χ1) is 9.96. The van der Waals surface area contributed by atoms with Gasteiger partial charge in [0.25, 0.3) is 10.0 Å². The van der Waals surface area contributed by atoms with Crippen molar-refractivity contribution in [1.82, 2.24) is 0 Å². The summed E-state index contributed by atoms with van der Waals surface area (Å²) in [5.74, 6) is 0.410. The van der Waals surface area contributed by atoms with Crippen LogP contribution < -0.4 is 15.2 Å². The number of hydrogen-bond acceptors (Lipinski definition) is 5. The predicted molar refractivity (Wildman–Crippen MR) is 79.4 cm³/mol. The van der Waals surface area contributed by atoms with E-state index in [-0.39, 0.29) is 10.6 Å². The number of nitrogens with zero attached hydrogens (tertiary/aromatic N) is 1. The maximum absolute atomic E-state index is 12.2. The van der Waals surface area contributed by atoms with Crippen molar-refractivity contribution in [2.75, 3.05) is 17.6 Å². The van der Waals surface area contributed by atoms with Crippen LogP contribution in [0.25, 0.3) is 0 Å². The molecule has 2 aromatic carbocycles. The minimum Gasteiger partial charge on any atom is -0.495 e. The third-order valence-corrected chi connectivity index (χ3v) is 4.16. The van der Waals surface area contributed by atoms with Crippen molar-refractivity contribution in [2.24, 2.45) is 0 Å². The molecule has 0 saturated carbocycles. The fraction of sp³-hybridized carbons (Fsp3) is 0.0714. The molecule has 7 heteroatoms. The minimum atomic E-state index is -3.75. The van der Waals surface area contributed by atoms with Gasteiger partial charge in [-0.15, -0.1) is 0 Å². The van der Waals surface area contributed by atoms with Gasteiger partial charge in [0.1, 0.15) is 5.75 Å². The van der Waals surface area contributed by atoms with Crippen LogP contribution in [0.5, 0.6) is 5.75 Å². The maximum atomic E-state index is 12.2. The summed E-state index contributed by atoms with van der Waals surface area (Å²) < 4.78 is 31.9. The highest BCUT2D eigenvalue weighted by Crippen LogP contribution is 2.25.